The maximum Gasteiger partial charge on any atom is 0.261 e. The molecule has 2 heterocycles. The van der Waals surface area contributed by atoms with Crippen LogP contribution in [-0.2, 0) is 14.8 Å². The predicted octanol–water partition coefficient (Wildman–Crippen LogP) is 4.01. The second-order valence-electron chi connectivity index (χ2n) is 7.60. The van der Waals surface area contributed by atoms with E-state index in [1.54, 1.807) is 30.3 Å². The van der Waals surface area contributed by atoms with Crippen LogP contribution in [0.15, 0.2) is 76.6 Å². The molecule has 0 aliphatic carbocycles. The Balaban J connectivity index is 1.53. The molecule has 1 saturated heterocycles. The Morgan fingerprint density at radius 2 is 1.73 bits per heavy atom. The zero-order valence-electron chi connectivity index (χ0n) is 18.0. The summed E-state index contributed by atoms with van der Waals surface area (Å²) in [5.41, 5.74) is 1.85. The van der Waals surface area contributed by atoms with E-state index in [1.807, 2.05) is 24.3 Å². The molecule has 33 heavy (non-hydrogen) atoms. The fraction of sp³-hybridized carbons (Fsp3) is 0.208. The second kappa shape index (κ2) is 8.76. The number of para-hydroxylation sites is 2. The van der Waals surface area contributed by atoms with Crippen LogP contribution in [0.2, 0.25) is 0 Å². The molecule has 0 amide bonds. The minimum Gasteiger partial charge on any atom is -0.497 e. The second-order valence-corrected chi connectivity index (χ2v) is 9.28. The average Bonchev–Trinajstić information content (AvgIpc) is 3.01. The zero-order valence-corrected chi connectivity index (χ0v) is 18.8. The number of methoxy groups -OCH3 is 1. The number of fused-ring (bicyclic) bond motifs is 2. The van der Waals surface area contributed by atoms with Crippen molar-refractivity contribution in [2.45, 2.75) is 4.90 Å². The SMILES string of the molecule is COc1ccc(S(=O)(=O)Nc2ccc3c(c2)C(N2CCOCC2)=Nc2ccccc2O3)cc1. The van der Waals surface area contributed by atoms with Crippen LogP contribution in [-0.4, -0.2) is 52.6 Å². The van der Waals surface area contributed by atoms with E-state index < -0.39 is 10.0 Å². The summed E-state index contributed by atoms with van der Waals surface area (Å²) in [6.07, 6.45) is 0. The molecule has 0 aromatic heterocycles. The summed E-state index contributed by atoms with van der Waals surface area (Å²) in [6, 6.07) is 19.0. The summed E-state index contributed by atoms with van der Waals surface area (Å²) < 4.78 is 45.4. The van der Waals surface area contributed by atoms with Crippen LogP contribution in [0.25, 0.3) is 0 Å². The fourth-order valence-electron chi connectivity index (χ4n) is 3.77. The molecule has 5 rings (SSSR count). The van der Waals surface area contributed by atoms with E-state index in [0.29, 0.717) is 54.8 Å². The van der Waals surface area contributed by atoms with Crippen molar-refractivity contribution in [2.24, 2.45) is 4.99 Å². The zero-order chi connectivity index (χ0) is 22.8. The Hall–Kier alpha value is -3.56. The number of hydrogen-bond donors (Lipinski definition) is 1. The van der Waals surface area contributed by atoms with Crippen LogP contribution in [0.3, 0.4) is 0 Å². The molecule has 8 nitrogen and oxygen atoms in total. The largest absolute Gasteiger partial charge is 0.497 e. The number of benzene rings is 3. The molecule has 9 heteroatoms. The van der Waals surface area contributed by atoms with E-state index in [1.165, 1.54) is 19.2 Å². The molecular formula is C24H23N3O5S. The standard InChI is InChI=1S/C24H23N3O5S/c1-30-18-7-9-19(10-8-18)33(28,29)26-17-6-11-22-20(16-17)24(27-12-14-31-15-13-27)25-21-4-2-3-5-23(21)32-22/h2-11,16,26H,12-15H2,1H3. The van der Waals surface area contributed by atoms with Gasteiger partial charge < -0.3 is 19.1 Å². The number of ether oxygens (including phenoxy) is 3. The maximum absolute atomic E-state index is 13.0. The monoisotopic (exact) mass is 465 g/mol. The molecule has 1 N–H and O–H groups in total. The molecule has 0 radical (unpaired) electrons. The highest BCUT2D eigenvalue weighted by Gasteiger charge is 2.25. The molecule has 0 saturated carbocycles. The average molecular weight is 466 g/mol. The topological polar surface area (TPSA) is 89.5 Å². The number of hydrogen-bond acceptors (Lipinski definition) is 7. The van der Waals surface area contributed by atoms with Crippen molar-refractivity contribution in [3.8, 4) is 17.2 Å². The van der Waals surface area contributed by atoms with Gasteiger partial charge in [0, 0.05) is 18.8 Å². The molecule has 2 aliphatic heterocycles. The number of morpholine rings is 1. The molecule has 2 aliphatic rings. The highest BCUT2D eigenvalue weighted by Crippen LogP contribution is 2.39. The summed E-state index contributed by atoms with van der Waals surface area (Å²) in [5, 5.41) is 0. The third-order valence-corrected chi connectivity index (χ3v) is 6.86. The van der Waals surface area contributed by atoms with Crippen LogP contribution in [0.5, 0.6) is 17.2 Å². The van der Waals surface area contributed by atoms with Crippen LogP contribution in [0, 0.1) is 0 Å². The van der Waals surface area contributed by atoms with Crippen molar-refractivity contribution in [3.05, 3.63) is 72.3 Å². The molecular weight excluding hydrogens is 442 g/mol. The number of nitrogens with zero attached hydrogens (tertiary/aromatic N) is 2. The minimum atomic E-state index is -3.79. The first kappa shape index (κ1) is 21.3. The van der Waals surface area contributed by atoms with Crippen LogP contribution in [0.4, 0.5) is 11.4 Å². The maximum atomic E-state index is 13.0. The van der Waals surface area contributed by atoms with Crippen LogP contribution >= 0.6 is 0 Å². The van der Waals surface area contributed by atoms with Gasteiger partial charge in [-0.3, -0.25) is 4.72 Å². The molecule has 0 unspecified atom stereocenters. The van der Waals surface area contributed by atoms with E-state index >= 15 is 0 Å². The lowest BCUT2D eigenvalue weighted by Crippen LogP contribution is -2.41. The van der Waals surface area contributed by atoms with Gasteiger partial charge in [-0.2, -0.15) is 0 Å². The van der Waals surface area contributed by atoms with Crippen molar-refractivity contribution < 1.29 is 22.6 Å². The number of sulfonamides is 1. The van der Waals surface area contributed by atoms with Crippen molar-refractivity contribution in [1.29, 1.82) is 0 Å². The van der Waals surface area contributed by atoms with Crippen molar-refractivity contribution >= 4 is 27.2 Å². The van der Waals surface area contributed by atoms with Crippen LogP contribution in [0.1, 0.15) is 5.56 Å². The lowest BCUT2D eigenvalue weighted by molar-refractivity contribution is 0.0683. The van der Waals surface area contributed by atoms with Gasteiger partial charge in [-0.05, 0) is 54.6 Å². The fourth-order valence-corrected chi connectivity index (χ4v) is 4.82. The van der Waals surface area contributed by atoms with Gasteiger partial charge in [0.1, 0.15) is 23.0 Å². The summed E-state index contributed by atoms with van der Waals surface area (Å²) in [7, 11) is -2.26. The Labute approximate surface area is 192 Å². The van der Waals surface area contributed by atoms with Gasteiger partial charge in [-0.25, -0.2) is 13.4 Å². The van der Waals surface area contributed by atoms with Gasteiger partial charge in [0.2, 0.25) is 0 Å². The smallest absolute Gasteiger partial charge is 0.261 e. The van der Waals surface area contributed by atoms with E-state index in [0.717, 1.165) is 11.5 Å². The summed E-state index contributed by atoms with van der Waals surface area (Å²) in [5.74, 6) is 2.57. The summed E-state index contributed by atoms with van der Waals surface area (Å²) >= 11 is 0. The number of nitrogens with one attached hydrogen (secondary N) is 1. The molecule has 0 spiro atoms. The third-order valence-electron chi connectivity index (χ3n) is 5.46. The number of aliphatic imine (C=N–C) groups is 1. The molecule has 0 atom stereocenters. The molecule has 3 aromatic rings. The molecule has 3 aromatic carbocycles. The highest BCUT2D eigenvalue weighted by atomic mass is 32.2. The molecule has 0 bridgehead atoms. The van der Waals surface area contributed by atoms with Crippen LogP contribution < -0.4 is 14.2 Å². The van der Waals surface area contributed by atoms with Gasteiger partial charge >= 0.3 is 0 Å². The van der Waals surface area contributed by atoms with Crippen molar-refractivity contribution in [1.82, 2.24) is 4.90 Å². The van der Waals surface area contributed by atoms with Gasteiger partial charge in [0.25, 0.3) is 10.0 Å². The van der Waals surface area contributed by atoms with Gasteiger partial charge in [0.15, 0.2) is 5.75 Å². The first-order valence-corrected chi connectivity index (χ1v) is 12.0. The van der Waals surface area contributed by atoms with Crippen molar-refractivity contribution in [2.75, 3.05) is 38.1 Å². The Morgan fingerprint density at radius 1 is 0.970 bits per heavy atom. The lowest BCUT2D eigenvalue weighted by atomic mass is 10.1. The Morgan fingerprint density at radius 3 is 2.48 bits per heavy atom. The normalized spacial score (nSPS) is 15.4. The first-order valence-electron chi connectivity index (χ1n) is 10.5. The van der Waals surface area contributed by atoms with Crippen molar-refractivity contribution in [3.63, 3.8) is 0 Å². The Bertz CT molecular complexity index is 1300. The highest BCUT2D eigenvalue weighted by molar-refractivity contribution is 7.92. The van der Waals surface area contributed by atoms with Gasteiger partial charge in [-0.1, -0.05) is 12.1 Å². The summed E-state index contributed by atoms with van der Waals surface area (Å²) in [4.78, 5) is 7.17. The van der Waals surface area contributed by atoms with E-state index in [-0.39, 0.29) is 4.90 Å². The van der Waals surface area contributed by atoms with E-state index in [4.69, 9.17) is 19.2 Å². The Kier molecular flexibility index (Phi) is 5.65. The molecule has 1 fully saturated rings. The van der Waals surface area contributed by atoms with Gasteiger partial charge in [0.05, 0.1) is 30.8 Å². The third kappa shape index (κ3) is 4.37. The number of amidine groups is 1. The van der Waals surface area contributed by atoms with E-state index in [2.05, 4.69) is 9.62 Å². The minimum absolute atomic E-state index is 0.143. The lowest BCUT2D eigenvalue weighted by Gasteiger charge is -2.30. The molecule has 170 valence electrons. The van der Waals surface area contributed by atoms with E-state index in [9.17, 15) is 8.42 Å². The predicted molar refractivity (Wildman–Crippen MR) is 125 cm³/mol. The number of anilines is 1. The quantitative estimate of drug-likeness (QED) is 0.626. The van der Waals surface area contributed by atoms with Gasteiger partial charge in [-0.15, -0.1) is 0 Å². The number of rotatable bonds is 4. The summed E-state index contributed by atoms with van der Waals surface area (Å²) in [6.45, 7) is 2.56. The first-order chi connectivity index (χ1) is 16.0.